The van der Waals surface area contributed by atoms with Crippen LogP contribution in [-0.2, 0) is 33.2 Å². The minimum Gasteiger partial charge on any atom is -0.459 e. The molecule has 3 saturated heterocycles. The average Bonchev–Trinajstić information content (AvgIpc) is 3.06. The molecule has 0 spiro atoms. The Kier molecular flexibility index (Phi) is 15.4. The summed E-state index contributed by atoms with van der Waals surface area (Å²) in [4.78, 5) is 18.1. The van der Waals surface area contributed by atoms with E-state index in [-0.39, 0.29) is 37.3 Å². The fourth-order valence-corrected chi connectivity index (χ4v) is 8.88. The minimum atomic E-state index is -1.80. The number of hydrogen-bond acceptors (Lipinski definition) is 14. The molecule has 3 rings (SSSR count). The Morgan fingerprint density at radius 2 is 1.55 bits per heavy atom. The fourth-order valence-electron chi connectivity index (χ4n) is 8.88. The third-order valence-corrected chi connectivity index (χ3v) is 13.0. The maximum atomic E-state index is 14.2. The number of rotatable bonds is 7. The first kappa shape index (κ1) is 46.4. The van der Waals surface area contributed by atoms with E-state index < -0.39 is 95.5 Å². The van der Waals surface area contributed by atoms with Crippen LogP contribution in [0.25, 0.3) is 0 Å². The molecule has 14 heteroatoms. The fraction of sp³-hybridized carbons (Fsp3) is 0.974. The van der Waals surface area contributed by atoms with E-state index in [1.54, 1.807) is 48.5 Å². The minimum absolute atomic E-state index is 0.111. The number of hydrogen-bond donors (Lipinski definition) is 5. The number of cyclic esters (lactones) is 1. The third kappa shape index (κ3) is 9.93. The van der Waals surface area contributed by atoms with Crippen LogP contribution < -0.4 is 0 Å². The van der Waals surface area contributed by atoms with Crippen LogP contribution in [0.15, 0.2) is 0 Å². The molecule has 0 bridgehead atoms. The van der Waals surface area contributed by atoms with Gasteiger partial charge >= 0.3 is 5.97 Å². The SMILES string of the molecule is CC[C@H]1OC(=O)[C@H](C)[C@@H](O[C@H]2C[C@@](C)(OC)[C@](C)(O)[C@H](C)O2)[C@H](C)[C@@H](O[C@@H]2O[C@H](C)C[C@H](N(C)C)[C@H]2O)[C@](C)(O)C[C@@H](C)CN(C)[C@H](C)[C@@H](O)[C@]1(C)O. The van der Waals surface area contributed by atoms with Crippen molar-refractivity contribution in [1.82, 2.24) is 9.80 Å². The molecule has 0 saturated carbocycles. The first-order chi connectivity index (χ1) is 24.2. The van der Waals surface area contributed by atoms with Crippen molar-refractivity contribution in [2.45, 2.75) is 192 Å². The zero-order chi connectivity index (χ0) is 40.6. The Labute approximate surface area is 318 Å². The van der Waals surface area contributed by atoms with Gasteiger partial charge in [0.1, 0.15) is 35.1 Å². The van der Waals surface area contributed by atoms with E-state index in [4.69, 9.17) is 28.4 Å². The van der Waals surface area contributed by atoms with Crippen molar-refractivity contribution in [3.8, 4) is 0 Å². The Bertz CT molecular complexity index is 1190. The highest BCUT2D eigenvalue weighted by Gasteiger charge is 2.56. The lowest BCUT2D eigenvalue weighted by molar-refractivity contribution is -0.334. The molecule has 3 aliphatic rings. The molecule has 14 nitrogen and oxygen atoms in total. The van der Waals surface area contributed by atoms with E-state index in [2.05, 4.69) is 0 Å². The average molecular weight is 763 g/mol. The molecule has 3 fully saturated rings. The predicted molar refractivity (Wildman–Crippen MR) is 199 cm³/mol. The molecule has 3 aliphatic heterocycles. The number of aliphatic hydroxyl groups is 5. The standard InChI is InChI=1S/C39H74N2O12/c1-16-28-38(10,46)32(43)25(6)41(14)20-21(2)18-36(8,45)33(53-35-30(42)27(40(12)13)17-22(3)49-35)23(4)31(24(5)34(44)51-28)52-29-19-37(9,48-15)39(11,47)26(7)50-29/h21-33,35,42-43,45-47H,16-20H2,1-15H3/t21-,22-,23+,24-,25-,26+,27+,28-,29+,30-,31+,32-,33-,35+,36-,37-,38-,39-/m1/s1. The molecular weight excluding hydrogens is 688 g/mol. The van der Waals surface area contributed by atoms with E-state index >= 15 is 0 Å². The summed E-state index contributed by atoms with van der Waals surface area (Å²) in [6.45, 7) is 19.7. The largest absolute Gasteiger partial charge is 0.459 e. The normalized spacial score (nSPS) is 50.3. The number of carbonyl (C=O) groups is 1. The van der Waals surface area contributed by atoms with Crippen molar-refractivity contribution in [2.24, 2.45) is 17.8 Å². The van der Waals surface area contributed by atoms with Crippen LogP contribution in [0.2, 0.25) is 0 Å². The second kappa shape index (κ2) is 17.6. The van der Waals surface area contributed by atoms with Crippen molar-refractivity contribution in [1.29, 1.82) is 0 Å². The molecule has 5 N–H and O–H groups in total. The monoisotopic (exact) mass is 763 g/mol. The summed E-state index contributed by atoms with van der Waals surface area (Å²) < 4.78 is 37.8. The molecule has 53 heavy (non-hydrogen) atoms. The van der Waals surface area contributed by atoms with Crippen LogP contribution in [0.4, 0.5) is 0 Å². The third-order valence-electron chi connectivity index (χ3n) is 13.0. The quantitative estimate of drug-likeness (QED) is 0.239. The van der Waals surface area contributed by atoms with Gasteiger partial charge in [0.05, 0.1) is 35.9 Å². The summed E-state index contributed by atoms with van der Waals surface area (Å²) in [6.07, 6.45) is -7.39. The first-order valence-corrected chi connectivity index (χ1v) is 19.5. The lowest BCUT2D eigenvalue weighted by Crippen LogP contribution is -2.65. The van der Waals surface area contributed by atoms with Gasteiger partial charge in [-0.25, -0.2) is 0 Å². The van der Waals surface area contributed by atoms with Crippen molar-refractivity contribution >= 4 is 5.97 Å². The van der Waals surface area contributed by atoms with E-state index in [0.29, 0.717) is 13.0 Å². The van der Waals surface area contributed by atoms with Gasteiger partial charge in [-0.1, -0.05) is 20.8 Å². The topological polar surface area (TPSA) is 180 Å². The molecule has 0 aromatic rings. The summed E-state index contributed by atoms with van der Waals surface area (Å²) in [5.74, 6) is -2.61. The van der Waals surface area contributed by atoms with Gasteiger partial charge in [-0.15, -0.1) is 0 Å². The predicted octanol–water partition coefficient (Wildman–Crippen LogP) is 2.29. The smallest absolute Gasteiger partial charge is 0.311 e. The maximum absolute atomic E-state index is 14.2. The molecule has 0 aliphatic carbocycles. The zero-order valence-corrected chi connectivity index (χ0v) is 35.1. The summed E-state index contributed by atoms with van der Waals surface area (Å²) in [5, 5.41) is 58.7. The van der Waals surface area contributed by atoms with Gasteiger partial charge in [-0.3, -0.25) is 4.79 Å². The highest BCUT2D eigenvalue weighted by molar-refractivity contribution is 5.73. The van der Waals surface area contributed by atoms with Crippen LogP contribution in [0.1, 0.15) is 102 Å². The molecule has 3 heterocycles. The second-order valence-corrected chi connectivity index (χ2v) is 17.7. The number of carbonyl (C=O) groups excluding carboxylic acids is 1. The van der Waals surface area contributed by atoms with Gasteiger partial charge in [-0.2, -0.15) is 0 Å². The summed E-state index contributed by atoms with van der Waals surface area (Å²) in [5.41, 5.74) is -5.82. The molecule has 0 radical (unpaired) electrons. The van der Waals surface area contributed by atoms with Crippen LogP contribution >= 0.6 is 0 Å². The molecule has 0 unspecified atom stereocenters. The van der Waals surface area contributed by atoms with Crippen LogP contribution in [0.3, 0.4) is 0 Å². The Balaban J connectivity index is 2.19. The number of nitrogens with zero attached hydrogens (tertiary/aromatic N) is 2. The van der Waals surface area contributed by atoms with E-state index in [9.17, 15) is 30.3 Å². The van der Waals surface area contributed by atoms with E-state index in [0.717, 1.165) is 0 Å². The number of ether oxygens (including phenoxy) is 6. The molecule has 0 amide bonds. The number of aliphatic hydroxyl groups excluding tert-OH is 2. The van der Waals surface area contributed by atoms with Crippen LogP contribution in [0.5, 0.6) is 0 Å². The summed E-state index contributed by atoms with van der Waals surface area (Å²) >= 11 is 0. The van der Waals surface area contributed by atoms with Crippen molar-refractivity contribution in [3.63, 3.8) is 0 Å². The number of likely N-dealkylation sites (N-methyl/N-ethyl adjacent to an activating group) is 2. The Hall–Kier alpha value is -1.01. The van der Waals surface area contributed by atoms with Crippen LogP contribution in [0, 0.1) is 17.8 Å². The molecular formula is C39H74N2O12. The van der Waals surface area contributed by atoms with Gasteiger partial charge in [0.2, 0.25) is 0 Å². The Morgan fingerprint density at radius 3 is 2.09 bits per heavy atom. The molecule has 0 aromatic heterocycles. The lowest BCUT2D eigenvalue weighted by Gasteiger charge is -2.52. The Morgan fingerprint density at radius 1 is 0.943 bits per heavy atom. The van der Waals surface area contributed by atoms with Gasteiger partial charge in [0.15, 0.2) is 12.6 Å². The highest BCUT2D eigenvalue weighted by atomic mass is 16.7. The molecule has 312 valence electrons. The highest BCUT2D eigenvalue weighted by Crippen LogP contribution is 2.43. The van der Waals surface area contributed by atoms with Crippen molar-refractivity contribution < 1.29 is 58.7 Å². The molecule has 0 aromatic carbocycles. The van der Waals surface area contributed by atoms with E-state index in [1.807, 2.05) is 51.7 Å². The van der Waals surface area contributed by atoms with Gasteiger partial charge < -0.3 is 63.8 Å². The first-order valence-electron chi connectivity index (χ1n) is 19.5. The number of methoxy groups -OCH3 is 1. The van der Waals surface area contributed by atoms with E-state index in [1.165, 1.54) is 14.0 Å². The van der Waals surface area contributed by atoms with Crippen LogP contribution in [-0.4, -0.2) is 166 Å². The summed E-state index contributed by atoms with van der Waals surface area (Å²) in [6, 6.07) is -0.814. The lowest BCUT2D eigenvalue weighted by atomic mass is 9.76. The zero-order valence-electron chi connectivity index (χ0n) is 35.1. The second-order valence-electron chi connectivity index (χ2n) is 17.7. The number of esters is 1. The summed E-state index contributed by atoms with van der Waals surface area (Å²) in [7, 11) is 7.13. The van der Waals surface area contributed by atoms with Crippen molar-refractivity contribution in [3.05, 3.63) is 0 Å². The van der Waals surface area contributed by atoms with Gasteiger partial charge in [0.25, 0.3) is 0 Å². The van der Waals surface area contributed by atoms with Gasteiger partial charge in [0, 0.05) is 38.1 Å². The molecule has 18 atom stereocenters. The maximum Gasteiger partial charge on any atom is 0.311 e. The van der Waals surface area contributed by atoms with Gasteiger partial charge in [-0.05, 0) is 102 Å². The van der Waals surface area contributed by atoms with Crippen molar-refractivity contribution in [2.75, 3.05) is 34.8 Å².